The van der Waals surface area contributed by atoms with Gasteiger partial charge in [0.25, 0.3) is 0 Å². The first-order chi connectivity index (χ1) is 7.24. The van der Waals surface area contributed by atoms with Crippen molar-refractivity contribution in [3.8, 4) is 0 Å². The number of hydrogen-bond acceptors (Lipinski definition) is 2. The van der Waals surface area contributed by atoms with Crippen LogP contribution in [0.4, 0.5) is 0 Å². The Morgan fingerprint density at radius 2 is 2.07 bits per heavy atom. The molecule has 2 rings (SSSR count). The van der Waals surface area contributed by atoms with E-state index in [2.05, 4.69) is 13.0 Å². The van der Waals surface area contributed by atoms with Gasteiger partial charge in [0.1, 0.15) is 0 Å². The van der Waals surface area contributed by atoms with Gasteiger partial charge in [0.05, 0.1) is 11.7 Å². The zero-order valence-electron chi connectivity index (χ0n) is 9.80. The summed E-state index contributed by atoms with van der Waals surface area (Å²) >= 11 is 0. The van der Waals surface area contributed by atoms with Crippen LogP contribution in [-0.4, -0.2) is 18.2 Å². The molecule has 2 fully saturated rings. The molecule has 1 saturated carbocycles. The van der Waals surface area contributed by atoms with E-state index < -0.39 is 0 Å². The topological polar surface area (TPSA) is 35.2 Å². The second kappa shape index (κ2) is 4.67. The van der Waals surface area contributed by atoms with Crippen molar-refractivity contribution in [1.29, 1.82) is 0 Å². The van der Waals surface area contributed by atoms with Crippen molar-refractivity contribution in [3.05, 3.63) is 11.6 Å². The van der Waals surface area contributed by atoms with Crippen LogP contribution in [0.15, 0.2) is 11.6 Å². The molecule has 1 aliphatic carbocycles. The minimum atomic E-state index is 0.244. The standard InChI is InChI=1S/C13H23NO/c1-11(10-14)9-12-5-8-13(15-12)6-3-2-4-7-13/h9,12H,2-8,10,14H2,1H3. The van der Waals surface area contributed by atoms with Crippen LogP contribution in [0.1, 0.15) is 51.9 Å². The highest BCUT2D eigenvalue weighted by Crippen LogP contribution is 2.42. The molecule has 15 heavy (non-hydrogen) atoms. The maximum Gasteiger partial charge on any atom is 0.0767 e. The van der Waals surface area contributed by atoms with Gasteiger partial charge >= 0.3 is 0 Å². The Morgan fingerprint density at radius 1 is 1.33 bits per heavy atom. The summed E-state index contributed by atoms with van der Waals surface area (Å²) in [6, 6.07) is 0. The average Bonchev–Trinajstić information content (AvgIpc) is 2.62. The fraction of sp³-hybridized carbons (Fsp3) is 0.846. The van der Waals surface area contributed by atoms with Crippen molar-refractivity contribution < 1.29 is 4.74 Å². The Bertz CT molecular complexity index is 241. The summed E-state index contributed by atoms with van der Waals surface area (Å²) in [4.78, 5) is 0. The molecule has 2 heteroatoms. The summed E-state index contributed by atoms with van der Waals surface area (Å²) in [7, 11) is 0. The van der Waals surface area contributed by atoms with E-state index in [0.29, 0.717) is 12.6 Å². The van der Waals surface area contributed by atoms with Crippen LogP contribution >= 0.6 is 0 Å². The highest BCUT2D eigenvalue weighted by atomic mass is 16.5. The number of ether oxygens (including phenoxy) is 1. The fourth-order valence-electron chi connectivity index (χ4n) is 2.91. The summed E-state index contributed by atoms with van der Waals surface area (Å²) in [5.41, 5.74) is 7.10. The van der Waals surface area contributed by atoms with E-state index in [-0.39, 0.29) is 5.60 Å². The van der Waals surface area contributed by atoms with Gasteiger partial charge in [-0.15, -0.1) is 0 Å². The molecule has 1 saturated heterocycles. The largest absolute Gasteiger partial charge is 0.368 e. The third kappa shape index (κ3) is 2.61. The van der Waals surface area contributed by atoms with Crippen molar-refractivity contribution in [1.82, 2.24) is 0 Å². The smallest absolute Gasteiger partial charge is 0.0767 e. The summed E-state index contributed by atoms with van der Waals surface area (Å²) in [5, 5.41) is 0. The Labute approximate surface area is 92.9 Å². The van der Waals surface area contributed by atoms with Gasteiger partial charge in [-0.25, -0.2) is 0 Å². The molecule has 1 aliphatic heterocycles. The van der Waals surface area contributed by atoms with E-state index in [4.69, 9.17) is 10.5 Å². The predicted molar refractivity (Wildman–Crippen MR) is 62.7 cm³/mol. The van der Waals surface area contributed by atoms with Crippen LogP contribution in [0.25, 0.3) is 0 Å². The van der Waals surface area contributed by atoms with Crippen LogP contribution in [0.5, 0.6) is 0 Å². The molecule has 0 aromatic rings. The average molecular weight is 209 g/mol. The minimum absolute atomic E-state index is 0.244. The van der Waals surface area contributed by atoms with E-state index >= 15 is 0 Å². The lowest BCUT2D eigenvalue weighted by Crippen LogP contribution is -2.31. The van der Waals surface area contributed by atoms with E-state index in [0.717, 1.165) is 0 Å². The Morgan fingerprint density at radius 3 is 2.73 bits per heavy atom. The molecule has 1 spiro atoms. The highest BCUT2D eigenvalue weighted by molar-refractivity contribution is 5.07. The highest BCUT2D eigenvalue weighted by Gasteiger charge is 2.39. The Kier molecular flexibility index (Phi) is 3.47. The molecule has 0 aromatic heterocycles. The number of hydrogen-bond donors (Lipinski definition) is 1. The molecule has 1 atom stereocenters. The lowest BCUT2D eigenvalue weighted by atomic mass is 9.83. The van der Waals surface area contributed by atoms with Crippen molar-refractivity contribution in [2.75, 3.05) is 6.54 Å². The van der Waals surface area contributed by atoms with Crippen LogP contribution in [0.2, 0.25) is 0 Å². The van der Waals surface area contributed by atoms with Crippen molar-refractivity contribution in [2.24, 2.45) is 5.73 Å². The van der Waals surface area contributed by atoms with Gasteiger partial charge in [-0.3, -0.25) is 0 Å². The maximum atomic E-state index is 6.23. The SMILES string of the molecule is CC(=CC1CCC2(CCCCC2)O1)CN. The van der Waals surface area contributed by atoms with Crippen LogP contribution in [0.3, 0.4) is 0 Å². The van der Waals surface area contributed by atoms with E-state index in [1.165, 1.54) is 50.5 Å². The van der Waals surface area contributed by atoms with Gasteiger partial charge in [0, 0.05) is 6.54 Å². The molecule has 2 nitrogen and oxygen atoms in total. The van der Waals surface area contributed by atoms with Gasteiger partial charge in [-0.1, -0.05) is 30.9 Å². The Hall–Kier alpha value is -0.340. The maximum absolute atomic E-state index is 6.23. The van der Waals surface area contributed by atoms with E-state index in [1.807, 2.05) is 0 Å². The summed E-state index contributed by atoms with van der Waals surface area (Å²) in [6.45, 7) is 2.75. The number of nitrogens with two attached hydrogens (primary N) is 1. The van der Waals surface area contributed by atoms with Crippen molar-refractivity contribution in [2.45, 2.75) is 63.6 Å². The Balaban J connectivity index is 1.93. The molecular formula is C13H23NO. The molecule has 86 valence electrons. The van der Waals surface area contributed by atoms with E-state index in [9.17, 15) is 0 Å². The van der Waals surface area contributed by atoms with E-state index in [1.54, 1.807) is 0 Å². The fourth-order valence-corrected chi connectivity index (χ4v) is 2.91. The quantitative estimate of drug-likeness (QED) is 0.710. The van der Waals surface area contributed by atoms with Gasteiger partial charge in [0.2, 0.25) is 0 Å². The third-order valence-corrected chi connectivity index (χ3v) is 3.84. The molecular weight excluding hydrogens is 186 g/mol. The molecule has 2 aliphatic rings. The molecule has 0 bridgehead atoms. The first-order valence-corrected chi connectivity index (χ1v) is 6.29. The van der Waals surface area contributed by atoms with Gasteiger partial charge in [-0.05, 0) is 32.6 Å². The lowest BCUT2D eigenvalue weighted by molar-refractivity contribution is -0.0483. The van der Waals surface area contributed by atoms with Gasteiger partial charge in [0.15, 0.2) is 0 Å². The molecule has 0 amide bonds. The summed E-state index contributed by atoms with van der Waals surface area (Å²) < 4.78 is 6.23. The second-order valence-electron chi connectivity index (χ2n) is 5.16. The number of rotatable bonds is 2. The lowest BCUT2D eigenvalue weighted by Gasteiger charge is -2.33. The first kappa shape index (κ1) is 11.2. The normalized spacial score (nSPS) is 31.1. The summed E-state index contributed by atoms with van der Waals surface area (Å²) in [6.07, 6.45) is 11.7. The van der Waals surface area contributed by atoms with Gasteiger partial charge < -0.3 is 10.5 Å². The zero-order chi connectivity index (χ0) is 10.7. The van der Waals surface area contributed by atoms with Crippen molar-refractivity contribution >= 4 is 0 Å². The monoisotopic (exact) mass is 209 g/mol. The van der Waals surface area contributed by atoms with Crippen LogP contribution in [0, 0.1) is 0 Å². The zero-order valence-corrected chi connectivity index (χ0v) is 9.80. The predicted octanol–water partition coefficient (Wildman–Crippen LogP) is 2.77. The van der Waals surface area contributed by atoms with Gasteiger partial charge in [-0.2, -0.15) is 0 Å². The molecule has 0 radical (unpaired) electrons. The molecule has 1 heterocycles. The molecule has 0 aromatic carbocycles. The molecule has 2 N–H and O–H groups in total. The third-order valence-electron chi connectivity index (χ3n) is 3.84. The first-order valence-electron chi connectivity index (χ1n) is 6.29. The second-order valence-corrected chi connectivity index (χ2v) is 5.16. The van der Waals surface area contributed by atoms with Crippen LogP contribution < -0.4 is 5.73 Å². The minimum Gasteiger partial charge on any atom is -0.368 e. The van der Waals surface area contributed by atoms with Crippen LogP contribution in [-0.2, 0) is 4.74 Å². The molecule has 1 unspecified atom stereocenters. The van der Waals surface area contributed by atoms with Crippen molar-refractivity contribution in [3.63, 3.8) is 0 Å². The summed E-state index contributed by atoms with van der Waals surface area (Å²) in [5.74, 6) is 0.